The predicted octanol–water partition coefficient (Wildman–Crippen LogP) is 3.93. The summed E-state index contributed by atoms with van der Waals surface area (Å²) in [4.78, 5) is 12.3. The lowest BCUT2D eigenvalue weighted by atomic mass is 10.0. The molecule has 0 spiro atoms. The number of methoxy groups -OCH3 is 1. The molecule has 0 aliphatic rings. The summed E-state index contributed by atoms with van der Waals surface area (Å²) >= 11 is 0. The van der Waals surface area contributed by atoms with Crippen LogP contribution in [0.5, 0.6) is 11.5 Å². The minimum atomic E-state index is -0.580. The van der Waals surface area contributed by atoms with Gasteiger partial charge in [-0.05, 0) is 47.5 Å². The lowest BCUT2D eigenvalue weighted by molar-refractivity contribution is -0.127. The molecule has 0 radical (unpaired) electrons. The number of ether oxygens (including phenoxy) is 2. The zero-order chi connectivity index (χ0) is 17.6. The van der Waals surface area contributed by atoms with E-state index in [1.807, 2.05) is 24.3 Å². The van der Waals surface area contributed by atoms with E-state index in [2.05, 4.69) is 23.5 Å². The number of fused-ring (bicyclic) bond motifs is 1. The molecule has 128 valence electrons. The van der Waals surface area contributed by atoms with Gasteiger partial charge in [-0.1, -0.05) is 42.5 Å². The van der Waals surface area contributed by atoms with Gasteiger partial charge in [0.05, 0.1) is 7.11 Å². The lowest BCUT2D eigenvalue weighted by Gasteiger charge is -2.15. The summed E-state index contributed by atoms with van der Waals surface area (Å²) in [6.45, 7) is 2.21. The molecule has 0 saturated carbocycles. The van der Waals surface area contributed by atoms with Crippen LogP contribution >= 0.6 is 0 Å². The van der Waals surface area contributed by atoms with Gasteiger partial charge in [-0.2, -0.15) is 0 Å². The van der Waals surface area contributed by atoms with Gasteiger partial charge in [-0.25, -0.2) is 0 Å². The van der Waals surface area contributed by atoms with Crippen molar-refractivity contribution in [2.75, 3.05) is 7.11 Å². The summed E-state index contributed by atoms with van der Waals surface area (Å²) in [6.07, 6.45) is -0.580. The Labute approximate surface area is 147 Å². The highest BCUT2D eigenvalue weighted by molar-refractivity contribution is 5.86. The van der Waals surface area contributed by atoms with E-state index < -0.39 is 6.10 Å². The molecule has 1 N–H and O–H groups in total. The molecule has 0 unspecified atom stereocenters. The van der Waals surface area contributed by atoms with Crippen LogP contribution < -0.4 is 14.8 Å². The monoisotopic (exact) mass is 335 g/mol. The van der Waals surface area contributed by atoms with Gasteiger partial charge in [0.1, 0.15) is 11.5 Å². The number of hydrogen-bond acceptors (Lipinski definition) is 3. The Balaban J connectivity index is 1.61. The Morgan fingerprint density at radius 2 is 1.64 bits per heavy atom. The minimum Gasteiger partial charge on any atom is -0.497 e. The SMILES string of the molecule is COc1ccc(O[C@H](C)C(=O)NCc2cccc3ccccc23)cc1. The van der Waals surface area contributed by atoms with Crippen LogP contribution in [0.15, 0.2) is 66.7 Å². The smallest absolute Gasteiger partial charge is 0.261 e. The number of nitrogens with one attached hydrogen (secondary N) is 1. The largest absolute Gasteiger partial charge is 0.497 e. The minimum absolute atomic E-state index is 0.149. The molecule has 0 aliphatic carbocycles. The standard InChI is InChI=1S/C21H21NO3/c1-15(25-19-12-10-18(24-2)11-13-19)21(23)22-14-17-8-5-7-16-6-3-4-9-20(16)17/h3-13,15H,14H2,1-2H3,(H,22,23)/t15-/m1/s1. The first kappa shape index (κ1) is 16.8. The van der Waals surface area contributed by atoms with E-state index >= 15 is 0 Å². The van der Waals surface area contributed by atoms with E-state index in [0.29, 0.717) is 12.3 Å². The van der Waals surface area contributed by atoms with E-state index in [4.69, 9.17) is 9.47 Å². The van der Waals surface area contributed by atoms with Crippen molar-refractivity contribution in [2.24, 2.45) is 0 Å². The number of amides is 1. The second-order valence-corrected chi connectivity index (χ2v) is 5.79. The van der Waals surface area contributed by atoms with E-state index in [1.54, 1.807) is 38.3 Å². The fourth-order valence-corrected chi connectivity index (χ4v) is 2.68. The average Bonchev–Trinajstić information content (AvgIpc) is 2.66. The maximum Gasteiger partial charge on any atom is 0.261 e. The Bertz CT molecular complexity index is 853. The molecule has 3 aromatic carbocycles. The van der Waals surface area contributed by atoms with E-state index in [1.165, 1.54) is 0 Å². The fraction of sp³-hybridized carbons (Fsp3) is 0.190. The molecule has 0 bridgehead atoms. The molecule has 4 heteroatoms. The first-order valence-corrected chi connectivity index (χ1v) is 8.22. The van der Waals surface area contributed by atoms with Gasteiger partial charge in [0.15, 0.2) is 6.10 Å². The van der Waals surface area contributed by atoms with E-state index in [0.717, 1.165) is 22.1 Å². The maximum absolute atomic E-state index is 12.3. The predicted molar refractivity (Wildman–Crippen MR) is 98.9 cm³/mol. The molecular weight excluding hydrogens is 314 g/mol. The number of hydrogen-bond donors (Lipinski definition) is 1. The average molecular weight is 335 g/mol. The van der Waals surface area contributed by atoms with Gasteiger partial charge < -0.3 is 14.8 Å². The summed E-state index contributed by atoms with van der Waals surface area (Å²) in [5.41, 5.74) is 1.09. The maximum atomic E-state index is 12.3. The Morgan fingerprint density at radius 3 is 2.40 bits per heavy atom. The van der Waals surface area contributed by atoms with Crippen LogP contribution in [-0.2, 0) is 11.3 Å². The zero-order valence-corrected chi connectivity index (χ0v) is 14.4. The van der Waals surface area contributed by atoms with Crippen molar-refractivity contribution in [3.05, 3.63) is 72.3 Å². The van der Waals surface area contributed by atoms with E-state index in [9.17, 15) is 4.79 Å². The zero-order valence-electron chi connectivity index (χ0n) is 14.4. The topological polar surface area (TPSA) is 47.6 Å². The third-order valence-electron chi connectivity index (χ3n) is 4.07. The number of rotatable bonds is 6. The molecule has 0 fully saturated rings. The summed E-state index contributed by atoms with van der Waals surface area (Å²) < 4.78 is 10.8. The molecule has 1 amide bonds. The Kier molecular flexibility index (Phi) is 5.19. The fourth-order valence-electron chi connectivity index (χ4n) is 2.68. The molecule has 0 saturated heterocycles. The molecular formula is C21H21NO3. The van der Waals surface area contributed by atoms with Gasteiger partial charge in [-0.3, -0.25) is 4.79 Å². The third-order valence-corrected chi connectivity index (χ3v) is 4.07. The van der Waals surface area contributed by atoms with Crippen molar-refractivity contribution >= 4 is 16.7 Å². The van der Waals surface area contributed by atoms with Crippen molar-refractivity contribution in [1.29, 1.82) is 0 Å². The highest BCUT2D eigenvalue weighted by atomic mass is 16.5. The van der Waals surface area contributed by atoms with Crippen molar-refractivity contribution in [3.63, 3.8) is 0 Å². The first-order chi connectivity index (χ1) is 12.2. The van der Waals surface area contributed by atoms with Crippen LogP contribution in [0.1, 0.15) is 12.5 Å². The quantitative estimate of drug-likeness (QED) is 0.742. The van der Waals surface area contributed by atoms with Crippen molar-refractivity contribution < 1.29 is 14.3 Å². The number of carbonyl (C=O) groups is 1. The molecule has 1 atom stereocenters. The molecule has 3 aromatic rings. The molecule has 25 heavy (non-hydrogen) atoms. The summed E-state index contributed by atoms with van der Waals surface area (Å²) in [6, 6.07) is 21.4. The Hall–Kier alpha value is -3.01. The summed E-state index contributed by atoms with van der Waals surface area (Å²) in [7, 11) is 1.61. The van der Waals surface area contributed by atoms with Crippen LogP contribution in [-0.4, -0.2) is 19.1 Å². The van der Waals surface area contributed by atoms with Crippen LogP contribution in [0.25, 0.3) is 10.8 Å². The Morgan fingerprint density at radius 1 is 0.960 bits per heavy atom. The van der Waals surface area contributed by atoms with Crippen LogP contribution in [0.3, 0.4) is 0 Å². The van der Waals surface area contributed by atoms with Crippen molar-refractivity contribution in [1.82, 2.24) is 5.32 Å². The molecule has 3 rings (SSSR count). The summed E-state index contributed by atoms with van der Waals surface area (Å²) in [5, 5.41) is 5.26. The number of benzene rings is 3. The molecule has 0 heterocycles. The van der Waals surface area contributed by atoms with E-state index in [-0.39, 0.29) is 5.91 Å². The van der Waals surface area contributed by atoms with Crippen molar-refractivity contribution in [3.8, 4) is 11.5 Å². The van der Waals surface area contributed by atoms with Crippen LogP contribution in [0.4, 0.5) is 0 Å². The molecule has 4 nitrogen and oxygen atoms in total. The number of carbonyl (C=O) groups excluding carboxylic acids is 1. The highest BCUT2D eigenvalue weighted by Gasteiger charge is 2.14. The first-order valence-electron chi connectivity index (χ1n) is 8.22. The lowest BCUT2D eigenvalue weighted by Crippen LogP contribution is -2.35. The van der Waals surface area contributed by atoms with Gasteiger partial charge in [0.25, 0.3) is 5.91 Å². The van der Waals surface area contributed by atoms with Gasteiger partial charge in [-0.15, -0.1) is 0 Å². The third kappa shape index (κ3) is 4.10. The highest BCUT2D eigenvalue weighted by Crippen LogP contribution is 2.19. The molecule has 0 aromatic heterocycles. The van der Waals surface area contributed by atoms with Crippen LogP contribution in [0, 0.1) is 0 Å². The molecule has 0 aliphatic heterocycles. The normalized spacial score (nSPS) is 11.8. The second kappa shape index (κ2) is 7.71. The van der Waals surface area contributed by atoms with Gasteiger partial charge in [0.2, 0.25) is 0 Å². The van der Waals surface area contributed by atoms with Crippen LogP contribution in [0.2, 0.25) is 0 Å². The van der Waals surface area contributed by atoms with Crippen molar-refractivity contribution in [2.45, 2.75) is 19.6 Å². The summed E-state index contributed by atoms with van der Waals surface area (Å²) in [5.74, 6) is 1.23. The van der Waals surface area contributed by atoms with Gasteiger partial charge in [0, 0.05) is 6.54 Å². The van der Waals surface area contributed by atoms with Gasteiger partial charge >= 0.3 is 0 Å². The second-order valence-electron chi connectivity index (χ2n) is 5.79.